The van der Waals surface area contributed by atoms with Crippen LogP contribution in [-0.4, -0.2) is 24.9 Å². The molecule has 0 aliphatic carbocycles. The van der Waals surface area contributed by atoms with Gasteiger partial charge in [0, 0.05) is 17.3 Å². The Kier molecular flexibility index (Phi) is 6.59. The molecule has 5 nitrogen and oxygen atoms in total. The average Bonchev–Trinajstić information content (AvgIpc) is 2.56. The Balaban J connectivity index is 1.63. The van der Waals surface area contributed by atoms with Crippen molar-refractivity contribution in [2.45, 2.75) is 6.54 Å². The summed E-state index contributed by atoms with van der Waals surface area (Å²) in [6.07, 6.45) is 0. The monoisotopic (exact) mass is 331 g/mol. The van der Waals surface area contributed by atoms with Crippen molar-refractivity contribution in [3.63, 3.8) is 0 Å². The molecule has 0 aliphatic rings. The number of amides is 2. The van der Waals surface area contributed by atoms with Gasteiger partial charge in [-0.25, -0.2) is 0 Å². The lowest BCUT2D eigenvalue weighted by atomic mass is 10.2. The number of rotatable bonds is 7. The van der Waals surface area contributed by atoms with E-state index in [0.29, 0.717) is 17.3 Å². The fourth-order valence-corrected chi connectivity index (χ4v) is 2.02. The lowest BCUT2D eigenvalue weighted by molar-refractivity contribution is -0.123. The van der Waals surface area contributed by atoms with Gasteiger partial charge in [0.1, 0.15) is 0 Å². The lowest BCUT2D eigenvalue weighted by Gasteiger charge is -2.08. The average molecular weight is 332 g/mol. The molecule has 2 aromatic carbocycles. The zero-order valence-corrected chi connectivity index (χ0v) is 13.3. The molecule has 0 aliphatic heterocycles. The maximum Gasteiger partial charge on any atom is 0.243 e. The third kappa shape index (κ3) is 6.50. The van der Waals surface area contributed by atoms with E-state index in [2.05, 4.69) is 16.0 Å². The van der Waals surface area contributed by atoms with Crippen LogP contribution in [0.1, 0.15) is 5.56 Å². The van der Waals surface area contributed by atoms with E-state index in [1.165, 1.54) is 0 Å². The number of halogens is 1. The number of hydrogen-bond acceptors (Lipinski definition) is 3. The van der Waals surface area contributed by atoms with Crippen molar-refractivity contribution >= 4 is 29.1 Å². The van der Waals surface area contributed by atoms with Gasteiger partial charge < -0.3 is 16.0 Å². The number of benzene rings is 2. The second kappa shape index (κ2) is 8.92. The van der Waals surface area contributed by atoms with Crippen LogP contribution in [0.3, 0.4) is 0 Å². The predicted molar refractivity (Wildman–Crippen MR) is 91.2 cm³/mol. The van der Waals surface area contributed by atoms with E-state index < -0.39 is 0 Å². The third-order valence-corrected chi connectivity index (χ3v) is 3.28. The molecule has 2 amide bonds. The molecule has 23 heavy (non-hydrogen) atoms. The summed E-state index contributed by atoms with van der Waals surface area (Å²) >= 11 is 5.77. The third-order valence-electron chi connectivity index (χ3n) is 3.03. The van der Waals surface area contributed by atoms with Crippen molar-refractivity contribution in [2.75, 3.05) is 18.4 Å². The minimum atomic E-state index is -0.288. The number of hydrogen-bond donors (Lipinski definition) is 3. The van der Waals surface area contributed by atoms with Crippen LogP contribution in [0.5, 0.6) is 0 Å². The summed E-state index contributed by atoms with van der Waals surface area (Å²) in [4.78, 5) is 23.4. The van der Waals surface area contributed by atoms with Crippen molar-refractivity contribution in [3.05, 3.63) is 65.2 Å². The van der Waals surface area contributed by atoms with Crippen molar-refractivity contribution in [2.24, 2.45) is 0 Å². The maximum absolute atomic E-state index is 11.7. The van der Waals surface area contributed by atoms with Crippen LogP contribution in [0.25, 0.3) is 0 Å². The van der Waals surface area contributed by atoms with Crippen molar-refractivity contribution in [1.82, 2.24) is 10.6 Å². The van der Waals surface area contributed by atoms with Gasteiger partial charge in [0.2, 0.25) is 11.8 Å². The highest BCUT2D eigenvalue weighted by Crippen LogP contribution is 2.12. The minimum absolute atomic E-state index is 0.0749. The Morgan fingerprint density at radius 3 is 2.26 bits per heavy atom. The highest BCUT2D eigenvalue weighted by atomic mass is 35.5. The van der Waals surface area contributed by atoms with Gasteiger partial charge in [-0.3, -0.25) is 9.59 Å². The Bertz CT molecular complexity index is 645. The lowest BCUT2D eigenvalue weighted by Crippen LogP contribution is -2.38. The largest absolute Gasteiger partial charge is 0.346 e. The number of carbonyl (C=O) groups excluding carboxylic acids is 2. The Hall–Kier alpha value is -2.37. The first-order valence-electron chi connectivity index (χ1n) is 7.20. The van der Waals surface area contributed by atoms with Gasteiger partial charge >= 0.3 is 0 Å². The van der Waals surface area contributed by atoms with Gasteiger partial charge in [-0.05, 0) is 29.8 Å². The van der Waals surface area contributed by atoms with Gasteiger partial charge in [0.25, 0.3) is 0 Å². The van der Waals surface area contributed by atoms with Crippen molar-refractivity contribution < 1.29 is 9.59 Å². The van der Waals surface area contributed by atoms with Gasteiger partial charge in [-0.1, -0.05) is 41.9 Å². The van der Waals surface area contributed by atoms with Crippen LogP contribution in [0.4, 0.5) is 5.69 Å². The number of carbonyl (C=O) groups is 2. The highest BCUT2D eigenvalue weighted by Gasteiger charge is 2.05. The topological polar surface area (TPSA) is 70.2 Å². The molecule has 0 heterocycles. The summed E-state index contributed by atoms with van der Waals surface area (Å²) < 4.78 is 0. The molecular weight excluding hydrogens is 314 g/mol. The second-order valence-electron chi connectivity index (χ2n) is 4.92. The molecule has 0 aromatic heterocycles. The normalized spacial score (nSPS) is 10.1. The molecule has 2 rings (SSSR count). The van der Waals surface area contributed by atoms with E-state index in [1.54, 1.807) is 24.3 Å². The summed E-state index contributed by atoms with van der Waals surface area (Å²) in [6.45, 7) is 0.683. The Morgan fingerprint density at radius 1 is 0.870 bits per heavy atom. The fourth-order valence-electron chi connectivity index (χ4n) is 1.90. The summed E-state index contributed by atoms with van der Waals surface area (Å²) in [7, 11) is 0. The molecule has 2 aromatic rings. The molecular formula is C17H18ClN3O2. The van der Waals surface area contributed by atoms with E-state index in [9.17, 15) is 9.59 Å². The molecule has 120 valence electrons. The number of anilines is 1. The van der Waals surface area contributed by atoms with Crippen LogP contribution in [0.2, 0.25) is 5.02 Å². The standard InChI is InChI=1S/C17H18ClN3O2/c18-14-6-8-15(9-7-14)21-17(23)12-20-16(22)11-19-10-13-4-2-1-3-5-13/h1-9,19H,10-12H2,(H,20,22)(H,21,23). The predicted octanol–water partition coefficient (Wildman–Crippen LogP) is 2.18. The molecule has 0 saturated carbocycles. The van der Waals surface area contributed by atoms with Crippen LogP contribution >= 0.6 is 11.6 Å². The first-order chi connectivity index (χ1) is 11.1. The maximum atomic E-state index is 11.7. The molecule has 0 fully saturated rings. The van der Waals surface area contributed by atoms with Crippen LogP contribution in [-0.2, 0) is 16.1 Å². The van der Waals surface area contributed by atoms with Gasteiger partial charge in [0.05, 0.1) is 13.1 Å². The first kappa shape index (κ1) is 17.0. The van der Waals surface area contributed by atoms with E-state index in [4.69, 9.17) is 11.6 Å². The second-order valence-corrected chi connectivity index (χ2v) is 5.36. The Morgan fingerprint density at radius 2 is 1.57 bits per heavy atom. The summed E-state index contributed by atoms with van der Waals surface area (Å²) in [5, 5.41) is 8.86. The SMILES string of the molecule is O=C(CNCc1ccccc1)NCC(=O)Nc1ccc(Cl)cc1. The van der Waals surface area contributed by atoms with E-state index in [-0.39, 0.29) is 24.9 Å². The van der Waals surface area contributed by atoms with Crippen LogP contribution in [0.15, 0.2) is 54.6 Å². The quantitative estimate of drug-likeness (QED) is 0.728. The summed E-state index contributed by atoms with van der Waals surface area (Å²) in [5.41, 5.74) is 1.73. The molecule has 0 atom stereocenters. The highest BCUT2D eigenvalue weighted by molar-refractivity contribution is 6.30. The zero-order chi connectivity index (χ0) is 16.5. The number of nitrogens with one attached hydrogen (secondary N) is 3. The zero-order valence-electron chi connectivity index (χ0n) is 12.5. The summed E-state index contributed by atoms with van der Waals surface area (Å²) in [6, 6.07) is 16.5. The van der Waals surface area contributed by atoms with Crippen molar-refractivity contribution in [3.8, 4) is 0 Å². The van der Waals surface area contributed by atoms with Crippen LogP contribution in [0, 0.1) is 0 Å². The van der Waals surface area contributed by atoms with E-state index in [0.717, 1.165) is 5.56 Å². The van der Waals surface area contributed by atoms with E-state index in [1.807, 2.05) is 30.3 Å². The molecule has 3 N–H and O–H groups in total. The molecule has 0 spiro atoms. The van der Waals surface area contributed by atoms with Gasteiger partial charge in [-0.2, -0.15) is 0 Å². The van der Waals surface area contributed by atoms with E-state index >= 15 is 0 Å². The summed E-state index contributed by atoms with van der Waals surface area (Å²) in [5.74, 6) is -0.518. The molecule has 6 heteroatoms. The smallest absolute Gasteiger partial charge is 0.243 e. The van der Waals surface area contributed by atoms with Crippen LogP contribution < -0.4 is 16.0 Å². The van der Waals surface area contributed by atoms with Crippen molar-refractivity contribution in [1.29, 1.82) is 0 Å². The first-order valence-corrected chi connectivity index (χ1v) is 7.58. The Labute approximate surface area is 140 Å². The molecule has 0 radical (unpaired) electrons. The molecule has 0 bridgehead atoms. The molecule has 0 saturated heterocycles. The minimum Gasteiger partial charge on any atom is -0.346 e. The molecule has 0 unspecified atom stereocenters. The fraction of sp³-hybridized carbons (Fsp3) is 0.176. The van der Waals surface area contributed by atoms with Gasteiger partial charge in [0.15, 0.2) is 0 Å². The van der Waals surface area contributed by atoms with Gasteiger partial charge in [-0.15, -0.1) is 0 Å².